The van der Waals surface area contributed by atoms with Crippen LogP contribution in [0, 0.1) is 5.82 Å². The molecule has 1 unspecified atom stereocenters. The summed E-state index contributed by atoms with van der Waals surface area (Å²) in [5.41, 5.74) is 0.668. The van der Waals surface area contributed by atoms with Gasteiger partial charge in [0.1, 0.15) is 5.82 Å². The lowest BCUT2D eigenvalue weighted by atomic mass is 9.94. The SMILES string of the molecule is C[C@@H](O)c1cc(F)ccc1N1CCCC(C)(O)C1. The van der Waals surface area contributed by atoms with Crippen molar-refractivity contribution in [2.24, 2.45) is 0 Å². The molecule has 0 aliphatic carbocycles. The number of piperidine rings is 1. The Morgan fingerprint density at radius 3 is 2.78 bits per heavy atom. The number of rotatable bonds is 2. The van der Waals surface area contributed by atoms with Crippen molar-refractivity contribution in [3.8, 4) is 0 Å². The molecule has 0 saturated carbocycles. The first-order valence-electron chi connectivity index (χ1n) is 6.34. The van der Waals surface area contributed by atoms with E-state index in [2.05, 4.69) is 0 Å². The topological polar surface area (TPSA) is 43.7 Å². The normalized spacial score (nSPS) is 26.2. The summed E-state index contributed by atoms with van der Waals surface area (Å²) < 4.78 is 13.2. The van der Waals surface area contributed by atoms with E-state index in [0.717, 1.165) is 25.1 Å². The van der Waals surface area contributed by atoms with Crippen molar-refractivity contribution >= 4 is 5.69 Å². The Labute approximate surface area is 107 Å². The lowest BCUT2D eigenvalue weighted by Crippen LogP contribution is -2.46. The van der Waals surface area contributed by atoms with Crippen molar-refractivity contribution in [1.29, 1.82) is 0 Å². The van der Waals surface area contributed by atoms with Crippen LogP contribution < -0.4 is 4.90 Å². The van der Waals surface area contributed by atoms with Crippen LogP contribution in [0.15, 0.2) is 18.2 Å². The Morgan fingerprint density at radius 2 is 2.17 bits per heavy atom. The Kier molecular flexibility index (Phi) is 3.59. The summed E-state index contributed by atoms with van der Waals surface area (Å²) in [6.45, 7) is 4.77. The molecule has 4 heteroatoms. The molecule has 2 atom stereocenters. The predicted molar refractivity (Wildman–Crippen MR) is 69.1 cm³/mol. The van der Waals surface area contributed by atoms with Crippen LogP contribution >= 0.6 is 0 Å². The van der Waals surface area contributed by atoms with Gasteiger partial charge in [-0.1, -0.05) is 0 Å². The molecule has 100 valence electrons. The molecule has 1 aromatic carbocycles. The Balaban J connectivity index is 2.32. The summed E-state index contributed by atoms with van der Waals surface area (Å²) in [6.07, 6.45) is 0.945. The van der Waals surface area contributed by atoms with Gasteiger partial charge in [-0.25, -0.2) is 4.39 Å². The molecule has 1 aromatic rings. The maximum atomic E-state index is 13.2. The highest BCUT2D eigenvalue weighted by molar-refractivity contribution is 5.55. The quantitative estimate of drug-likeness (QED) is 0.849. The first-order valence-corrected chi connectivity index (χ1v) is 6.34. The number of anilines is 1. The Morgan fingerprint density at radius 1 is 1.44 bits per heavy atom. The van der Waals surface area contributed by atoms with Gasteiger partial charge < -0.3 is 15.1 Å². The van der Waals surface area contributed by atoms with E-state index in [-0.39, 0.29) is 5.82 Å². The third-order valence-corrected chi connectivity index (χ3v) is 3.46. The predicted octanol–water partition coefficient (Wildman–Crippen LogP) is 2.23. The summed E-state index contributed by atoms with van der Waals surface area (Å²) >= 11 is 0. The number of halogens is 1. The van der Waals surface area contributed by atoms with Crippen molar-refractivity contribution in [3.05, 3.63) is 29.6 Å². The first-order chi connectivity index (χ1) is 8.39. The number of hydrogen-bond donors (Lipinski definition) is 2. The molecular weight excluding hydrogens is 233 g/mol. The highest BCUT2D eigenvalue weighted by atomic mass is 19.1. The minimum absolute atomic E-state index is 0.349. The molecule has 3 nitrogen and oxygen atoms in total. The highest BCUT2D eigenvalue weighted by Gasteiger charge is 2.29. The van der Waals surface area contributed by atoms with Gasteiger partial charge in [-0.05, 0) is 44.9 Å². The number of β-amino-alcohol motifs (C(OH)–C–C–N with tert-alkyl or cyclic N) is 1. The fourth-order valence-electron chi connectivity index (χ4n) is 2.57. The molecule has 0 bridgehead atoms. The summed E-state index contributed by atoms with van der Waals surface area (Å²) in [6, 6.07) is 4.44. The van der Waals surface area contributed by atoms with Crippen molar-refractivity contribution in [2.45, 2.75) is 38.4 Å². The van der Waals surface area contributed by atoms with Crippen LogP contribution in [0.2, 0.25) is 0 Å². The molecule has 0 spiro atoms. The lowest BCUT2D eigenvalue weighted by Gasteiger charge is -2.39. The fraction of sp³-hybridized carbons (Fsp3) is 0.571. The van der Waals surface area contributed by atoms with Crippen molar-refractivity contribution in [2.75, 3.05) is 18.0 Å². The van der Waals surface area contributed by atoms with Crippen LogP contribution in [0.3, 0.4) is 0 Å². The van der Waals surface area contributed by atoms with Crippen LogP contribution in [-0.4, -0.2) is 28.9 Å². The molecule has 1 heterocycles. The van der Waals surface area contributed by atoms with Crippen molar-refractivity contribution in [1.82, 2.24) is 0 Å². The summed E-state index contributed by atoms with van der Waals surface area (Å²) in [5, 5.41) is 19.8. The van der Waals surface area contributed by atoms with Crippen LogP contribution in [0.4, 0.5) is 10.1 Å². The van der Waals surface area contributed by atoms with E-state index >= 15 is 0 Å². The van der Waals surface area contributed by atoms with Gasteiger partial charge in [0.05, 0.1) is 11.7 Å². The zero-order valence-corrected chi connectivity index (χ0v) is 10.9. The number of aliphatic hydroxyl groups excluding tert-OH is 1. The largest absolute Gasteiger partial charge is 0.389 e. The number of benzene rings is 1. The highest BCUT2D eigenvalue weighted by Crippen LogP contribution is 2.31. The number of nitrogens with zero attached hydrogens (tertiary/aromatic N) is 1. The van der Waals surface area contributed by atoms with E-state index in [4.69, 9.17) is 0 Å². The number of hydrogen-bond acceptors (Lipinski definition) is 3. The molecule has 0 amide bonds. The van der Waals surface area contributed by atoms with E-state index in [1.807, 2.05) is 11.8 Å². The van der Waals surface area contributed by atoms with Gasteiger partial charge in [0.15, 0.2) is 0 Å². The van der Waals surface area contributed by atoms with Crippen molar-refractivity contribution in [3.63, 3.8) is 0 Å². The van der Waals surface area contributed by atoms with Gasteiger partial charge in [0.25, 0.3) is 0 Å². The first kappa shape index (κ1) is 13.3. The second-order valence-electron chi connectivity index (χ2n) is 5.40. The van der Waals surface area contributed by atoms with E-state index in [0.29, 0.717) is 12.1 Å². The molecule has 1 fully saturated rings. The second-order valence-corrected chi connectivity index (χ2v) is 5.40. The zero-order chi connectivity index (χ0) is 13.3. The van der Waals surface area contributed by atoms with Crippen LogP contribution in [0.25, 0.3) is 0 Å². The van der Waals surface area contributed by atoms with Gasteiger partial charge in [0, 0.05) is 24.3 Å². The van der Waals surface area contributed by atoms with E-state index in [1.165, 1.54) is 12.1 Å². The standard InChI is InChI=1S/C14H20FNO2/c1-10(17)12-8-11(15)4-5-13(12)16-7-3-6-14(2,18)9-16/h4-5,8,10,17-18H,3,6-7,9H2,1-2H3/t10-,14?/m1/s1. The third kappa shape index (κ3) is 2.82. The Bertz CT molecular complexity index is 432. The molecule has 0 aromatic heterocycles. The monoisotopic (exact) mass is 253 g/mol. The van der Waals surface area contributed by atoms with Gasteiger partial charge in [-0.2, -0.15) is 0 Å². The summed E-state index contributed by atoms with van der Waals surface area (Å²) in [5.74, 6) is -0.349. The number of aliphatic hydroxyl groups is 2. The molecule has 1 aliphatic rings. The van der Waals surface area contributed by atoms with Crippen LogP contribution in [0.5, 0.6) is 0 Å². The molecule has 18 heavy (non-hydrogen) atoms. The Hall–Kier alpha value is -1.13. The molecule has 1 aliphatic heterocycles. The smallest absolute Gasteiger partial charge is 0.123 e. The molecule has 2 rings (SSSR count). The third-order valence-electron chi connectivity index (χ3n) is 3.46. The average molecular weight is 253 g/mol. The molecule has 0 radical (unpaired) electrons. The van der Waals surface area contributed by atoms with Crippen molar-refractivity contribution < 1.29 is 14.6 Å². The summed E-state index contributed by atoms with van der Waals surface area (Å²) in [7, 11) is 0. The van der Waals surface area contributed by atoms with Gasteiger partial charge in [-0.3, -0.25) is 0 Å². The summed E-state index contributed by atoms with van der Waals surface area (Å²) in [4.78, 5) is 2.02. The van der Waals surface area contributed by atoms with Gasteiger partial charge in [-0.15, -0.1) is 0 Å². The second kappa shape index (κ2) is 4.86. The zero-order valence-electron chi connectivity index (χ0n) is 10.9. The fourth-order valence-corrected chi connectivity index (χ4v) is 2.57. The average Bonchev–Trinajstić information content (AvgIpc) is 2.27. The van der Waals surface area contributed by atoms with Crippen LogP contribution in [0.1, 0.15) is 38.4 Å². The van der Waals surface area contributed by atoms with Gasteiger partial charge >= 0.3 is 0 Å². The van der Waals surface area contributed by atoms with Gasteiger partial charge in [0.2, 0.25) is 0 Å². The maximum Gasteiger partial charge on any atom is 0.123 e. The van der Waals surface area contributed by atoms with E-state index in [9.17, 15) is 14.6 Å². The molecule has 1 saturated heterocycles. The van der Waals surface area contributed by atoms with E-state index < -0.39 is 11.7 Å². The van der Waals surface area contributed by atoms with Crippen LogP contribution in [-0.2, 0) is 0 Å². The minimum atomic E-state index is -0.720. The lowest BCUT2D eigenvalue weighted by molar-refractivity contribution is 0.0447. The minimum Gasteiger partial charge on any atom is -0.389 e. The molecular formula is C14H20FNO2. The van der Waals surface area contributed by atoms with E-state index in [1.54, 1.807) is 13.0 Å². The molecule has 2 N–H and O–H groups in total. The maximum absolute atomic E-state index is 13.2.